The Balaban J connectivity index is 0. The largest absolute Gasteiger partial charge is 0.478 e. The second kappa shape index (κ2) is 5.77. The monoisotopic (exact) mass is 148 g/mol. The van der Waals surface area contributed by atoms with E-state index in [4.69, 9.17) is 5.11 Å². The van der Waals surface area contributed by atoms with Crippen LogP contribution in [0.3, 0.4) is 0 Å². The summed E-state index contributed by atoms with van der Waals surface area (Å²) in [4.78, 5) is 19.9. The Kier molecular flexibility index (Phi) is 6.60. The summed E-state index contributed by atoms with van der Waals surface area (Å²) in [5.41, 5.74) is 0. The van der Waals surface area contributed by atoms with Crippen LogP contribution in [0.5, 0.6) is 0 Å². The van der Waals surface area contributed by atoms with Crippen molar-refractivity contribution in [1.29, 1.82) is 0 Å². The van der Waals surface area contributed by atoms with Crippen LogP contribution in [0.2, 0.25) is 0 Å². The van der Waals surface area contributed by atoms with E-state index in [1.165, 1.54) is 7.11 Å². The van der Waals surface area contributed by atoms with Crippen LogP contribution >= 0.6 is 0 Å². The molecule has 0 amide bonds. The predicted molar refractivity (Wildman–Crippen MR) is 32.4 cm³/mol. The van der Waals surface area contributed by atoms with E-state index in [9.17, 15) is 9.59 Å². The molecule has 0 aromatic heterocycles. The number of rotatable bonds is 2. The lowest BCUT2D eigenvalue weighted by Gasteiger charge is -1.85. The minimum Gasteiger partial charge on any atom is -0.478 e. The average Bonchev–Trinajstić information content (AvgIpc) is 1.83. The first-order valence-corrected chi connectivity index (χ1v) is 2.15. The smallest absolute Gasteiger partial charge is 0.330 e. The summed E-state index contributed by atoms with van der Waals surface area (Å²) in [5, 5.41) is 7.96. The van der Waals surface area contributed by atoms with Crippen molar-refractivity contribution < 1.29 is 24.9 Å². The number of carbonyl (C=O) groups excluding carboxylic acids is 1. The molecule has 0 saturated carbocycles. The van der Waals surface area contributed by atoms with E-state index in [0.717, 1.165) is 6.08 Å². The molecule has 0 aliphatic rings. The summed E-state index contributed by atoms with van der Waals surface area (Å²) in [5.74, 6) is -1.84. The highest BCUT2D eigenvalue weighted by Gasteiger charge is 1.91. The van der Waals surface area contributed by atoms with E-state index >= 15 is 0 Å². The molecule has 5 nitrogen and oxygen atoms in total. The maximum Gasteiger partial charge on any atom is 0.330 e. The third kappa shape index (κ3) is 6.64. The fourth-order valence-electron chi connectivity index (χ4n) is 0.207. The van der Waals surface area contributed by atoms with E-state index in [1.54, 1.807) is 0 Å². The Hall–Kier alpha value is -1.36. The molecule has 0 aromatic carbocycles. The lowest BCUT2D eigenvalue weighted by Crippen LogP contribution is -1.96. The highest BCUT2D eigenvalue weighted by Crippen LogP contribution is 1.76. The summed E-state index contributed by atoms with van der Waals surface area (Å²) in [7, 11) is 1.18. The van der Waals surface area contributed by atoms with Crippen molar-refractivity contribution in [3.8, 4) is 0 Å². The number of carboxylic acids is 1. The van der Waals surface area contributed by atoms with Crippen molar-refractivity contribution in [1.82, 2.24) is 0 Å². The van der Waals surface area contributed by atoms with Gasteiger partial charge in [-0.3, -0.25) is 0 Å². The predicted octanol–water partition coefficient (Wildman–Crippen LogP) is -1.02. The zero-order valence-electron chi connectivity index (χ0n) is 5.33. The number of hydrogen-bond donors (Lipinski definition) is 1. The molecule has 0 bridgehead atoms. The molecule has 0 saturated heterocycles. The van der Waals surface area contributed by atoms with Crippen molar-refractivity contribution in [3.63, 3.8) is 0 Å². The molecular formula is C5H8O5. The first-order chi connectivity index (χ1) is 4.16. The number of carbonyl (C=O) groups is 2. The maximum absolute atomic E-state index is 10.1. The van der Waals surface area contributed by atoms with Crippen molar-refractivity contribution >= 4 is 11.9 Å². The zero-order valence-corrected chi connectivity index (χ0v) is 5.33. The van der Waals surface area contributed by atoms with Gasteiger partial charge in [-0.2, -0.15) is 0 Å². The molecule has 3 N–H and O–H groups in total. The summed E-state index contributed by atoms with van der Waals surface area (Å²) in [6, 6.07) is 0. The summed E-state index contributed by atoms with van der Waals surface area (Å²) < 4.78 is 4.11. The minimum atomic E-state index is -1.17. The molecule has 0 unspecified atom stereocenters. The lowest BCUT2D eigenvalue weighted by molar-refractivity contribution is -0.136. The molecule has 0 aromatic rings. The number of methoxy groups -OCH3 is 1. The number of aliphatic carboxylic acids is 1. The maximum atomic E-state index is 10.1. The minimum absolute atomic E-state index is 0. The summed E-state index contributed by atoms with van der Waals surface area (Å²) in [6.45, 7) is 0. The van der Waals surface area contributed by atoms with Crippen LogP contribution in [0.15, 0.2) is 12.2 Å². The van der Waals surface area contributed by atoms with Crippen LogP contribution < -0.4 is 0 Å². The van der Waals surface area contributed by atoms with Gasteiger partial charge in [0.05, 0.1) is 7.11 Å². The molecule has 0 aliphatic carbocycles. The Labute approximate surface area is 57.2 Å². The highest BCUT2D eigenvalue weighted by molar-refractivity contribution is 5.90. The Bertz CT molecular complexity index is 148. The molecular weight excluding hydrogens is 140 g/mol. The van der Waals surface area contributed by atoms with Gasteiger partial charge in [-0.25, -0.2) is 9.59 Å². The van der Waals surface area contributed by atoms with Crippen molar-refractivity contribution in [2.24, 2.45) is 0 Å². The molecule has 0 fully saturated rings. The van der Waals surface area contributed by atoms with E-state index in [1.807, 2.05) is 0 Å². The van der Waals surface area contributed by atoms with Crippen LogP contribution in [0, 0.1) is 0 Å². The third-order valence-electron chi connectivity index (χ3n) is 0.563. The van der Waals surface area contributed by atoms with Gasteiger partial charge in [0.25, 0.3) is 0 Å². The summed E-state index contributed by atoms with van der Waals surface area (Å²) in [6.07, 6.45) is 1.55. The van der Waals surface area contributed by atoms with E-state index in [-0.39, 0.29) is 5.48 Å². The number of ether oxygens (including phenoxy) is 1. The van der Waals surface area contributed by atoms with Crippen LogP contribution in [0.4, 0.5) is 0 Å². The first kappa shape index (κ1) is 11.4. The first-order valence-electron chi connectivity index (χ1n) is 2.15. The molecule has 5 heteroatoms. The molecule has 0 aliphatic heterocycles. The van der Waals surface area contributed by atoms with Gasteiger partial charge in [-0.1, -0.05) is 0 Å². The number of carboxylic acid groups (broad SMARTS) is 1. The van der Waals surface area contributed by atoms with Crippen molar-refractivity contribution in [3.05, 3.63) is 12.2 Å². The van der Waals surface area contributed by atoms with Crippen molar-refractivity contribution in [2.75, 3.05) is 7.11 Å². The van der Waals surface area contributed by atoms with Gasteiger partial charge in [0.15, 0.2) is 0 Å². The zero-order chi connectivity index (χ0) is 7.28. The second-order valence-corrected chi connectivity index (χ2v) is 1.19. The lowest BCUT2D eigenvalue weighted by atomic mass is 10.5. The highest BCUT2D eigenvalue weighted by atomic mass is 16.5. The SMILES string of the molecule is COC(=O)/C=C\C(=O)O.O. The fraction of sp³-hybridized carbons (Fsp3) is 0.200. The topological polar surface area (TPSA) is 95.1 Å². The van der Waals surface area contributed by atoms with Gasteiger partial charge < -0.3 is 15.3 Å². The van der Waals surface area contributed by atoms with Crippen LogP contribution in [0.1, 0.15) is 0 Å². The van der Waals surface area contributed by atoms with Gasteiger partial charge in [0.2, 0.25) is 0 Å². The molecule has 10 heavy (non-hydrogen) atoms. The Morgan fingerprint density at radius 1 is 1.40 bits per heavy atom. The van der Waals surface area contributed by atoms with Gasteiger partial charge in [-0.05, 0) is 0 Å². The molecule has 0 radical (unpaired) electrons. The van der Waals surface area contributed by atoms with E-state index < -0.39 is 11.9 Å². The molecule has 0 atom stereocenters. The van der Waals surface area contributed by atoms with Crippen LogP contribution in [-0.2, 0) is 14.3 Å². The Morgan fingerprint density at radius 2 is 1.90 bits per heavy atom. The van der Waals surface area contributed by atoms with E-state index in [2.05, 4.69) is 4.74 Å². The van der Waals surface area contributed by atoms with Crippen LogP contribution in [0.25, 0.3) is 0 Å². The van der Waals surface area contributed by atoms with Crippen molar-refractivity contribution in [2.45, 2.75) is 0 Å². The van der Waals surface area contributed by atoms with E-state index in [0.29, 0.717) is 6.08 Å². The summed E-state index contributed by atoms with van der Waals surface area (Å²) >= 11 is 0. The van der Waals surface area contributed by atoms with Gasteiger partial charge in [0, 0.05) is 12.2 Å². The normalized spacial score (nSPS) is 8.50. The molecule has 58 valence electrons. The standard InChI is InChI=1S/C5H6O4.H2O/c1-9-5(8)3-2-4(6)7;/h2-3H,1H3,(H,6,7);1H2/b3-2-;. The van der Waals surface area contributed by atoms with Gasteiger partial charge in [-0.15, -0.1) is 0 Å². The van der Waals surface area contributed by atoms with Gasteiger partial charge >= 0.3 is 11.9 Å². The molecule has 0 rings (SSSR count). The second-order valence-electron chi connectivity index (χ2n) is 1.19. The van der Waals surface area contributed by atoms with Gasteiger partial charge in [0.1, 0.15) is 0 Å². The Morgan fingerprint density at radius 3 is 2.20 bits per heavy atom. The quantitative estimate of drug-likeness (QED) is 0.400. The number of hydrogen-bond acceptors (Lipinski definition) is 3. The number of esters is 1. The fourth-order valence-corrected chi connectivity index (χ4v) is 0.207. The average molecular weight is 148 g/mol. The molecule has 0 heterocycles. The third-order valence-corrected chi connectivity index (χ3v) is 0.563. The molecule has 0 spiro atoms. The van der Waals surface area contributed by atoms with Crippen LogP contribution in [-0.4, -0.2) is 29.6 Å².